The maximum absolute atomic E-state index is 12.7. The van der Waals surface area contributed by atoms with Crippen LogP contribution in [0.1, 0.15) is 36.9 Å². The maximum atomic E-state index is 12.7. The minimum absolute atomic E-state index is 0.0881. The molecule has 1 aromatic carbocycles. The van der Waals surface area contributed by atoms with Crippen molar-refractivity contribution in [1.29, 1.82) is 0 Å². The normalized spacial score (nSPS) is 19.3. The number of aryl methyl sites for hydroxylation is 1. The van der Waals surface area contributed by atoms with Crippen LogP contribution in [0.4, 0.5) is 4.79 Å². The van der Waals surface area contributed by atoms with E-state index in [0.29, 0.717) is 0 Å². The Morgan fingerprint density at radius 2 is 1.92 bits per heavy atom. The van der Waals surface area contributed by atoms with Gasteiger partial charge in [-0.05, 0) is 19.8 Å². The van der Waals surface area contributed by atoms with Crippen LogP contribution in [0.5, 0.6) is 0 Å². The molecule has 24 heavy (non-hydrogen) atoms. The van der Waals surface area contributed by atoms with E-state index in [2.05, 4.69) is 22.4 Å². The molecule has 2 fully saturated rings. The van der Waals surface area contributed by atoms with Crippen LogP contribution in [-0.2, 0) is 11.3 Å². The van der Waals surface area contributed by atoms with Crippen molar-refractivity contribution in [2.75, 3.05) is 0 Å². The molecule has 0 bridgehead atoms. The highest BCUT2D eigenvalue weighted by Gasteiger charge is 2.52. The largest absolute Gasteiger partial charge is 0.325 e. The number of amides is 3. The van der Waals surface area contributed by atoms with Gasteiger partial charge in [-0.25, -0.2) is 9.78 Å². The molecule has 2 aromatic rings. The predicted octanol–water partition coefficient (Wildman–Crippen LogP) is 3.48. The molecule has 2 aliphatic rings. The first-order valence-corrected chi connectivity index (χ1v) is 9.11. The first-order valence-electron chi connectivity index (χ1n) is 8.23. The fraction of sp³-hybridized carbons (Fsp3) is 0.389. The van der Waals surface area contributed by atoms with Crippen LogP contribution in [0.25, 0.3) is 10.6 Å². The molecule has 4 rings (SSSR count). The van der Waals surface area contributed by atoms with Crippen LogP contribution in [-0.4, -0.2) is 27.4 Å². The van der Waals surface area contributed by atoms with Gasteiger partial charge in [-0.3, -0.25) is 9.69 Å². The quantitative estimate of drug-likeness (QED) is 0.869. The number of hydrogen-bond acceptors (Lipinski definition) is 4. The molecule has 1 aliphatic carbocycles. The molecule has 1 aliphatic heterocycles. The molecule has 1 N–H and O–H groups in total. The predicted molar refractivity (Wildman–Crippen MR) is 92.6 cm³/mol. The number of thiazole rings is 1. The Hall–Kier alpha value is -2.21. The molecule has 3 amide bonds. The van der Waals surface area contributed by atoms with E-state index in [4.69, 9.17) is 0 Å². The van der Waals surface area contributed by atoms with Crippen LogP contribution in [0.15, 0.2) is 29.6 Å². The molecule has 0 unspecified atom stereocenters. The van der Waals surface area contributed by atoms with Gasteiger partial charge in [-0.15, -0.1) is 11.3 Å². The molecule has 1 aromatic heterocycles. The second-order valence-corrected chi connectivity index (χ2v) is 7.48. The van der Waals surface area contributed by atoms with Gasteiger partial charge in [0.05, 0.1) is 12.2 Å². The summed E-state index contributed by atoms with van der Waals surface area (Å²) >= 11 is 1.54. The topological polar surface area (TPSA) is 62.3 Å². The van der Waals surface area contributed by atoms with E-state index in [1.807, 2.05) is 24.4 Å². The summed E-state index contributed by atoms with van der Waals surface area (Å²) in [6, 6.07) is 7.90. The summed E-state index contributed by atoms with van der Waals surface area (Å²) in [6.45, 7) is 2.29. The number of carbonyl (C=O) groups is 2. The molecule has 1 saturated carbocycles. The van der Waals surface area contributed by atoms with Crippen molar-refractivity contribution < 1.29 is 9.59 Å². The van der Waals surface area contributed by atoms with Crippen molar-refractivity contribution in [3.63, 3.8) is 0 Å². The summed E-state index contributed by atoms with van der Waals surface area (Å²) in [5, 5.41) is 5.74. The van der Waals surface area contributed by atoms with Crippen molar-refractivity contribution in [1.82, 2.24) is 15.2 Å². The van der Waals surface area contributed by atoms with Crippen molar-refractivity contribution in [2.45, 2.75) is 44.7 Å². The van der Waals surface area contributed by atoms with Crippen molar-refractivity contribution in [3.05, 3.63) is 40.9 Å². The zero-order valence-corrected chi connectivity index (χ0v) is 14.4. The number of rotatable bonds is 3. The van der Waals surface area contributed by atoms with Gasteiger partial charge in [-0.1, -0.05) is 42.7 Å². The fourth-order valence-electron chi connectivity index (χ4n) is 3.51. The lowest BCUT2D eigenvalue weighted by atomic mass is 9.98. The van der Waals surface area contributed by atoms with Crippen LogP contribution in [0, 0.1) is 6.92 Å². The summed E-state index contributed by atoms with van der Waals surface area (Å²) in [5.74, 6) is -0.0881. The lowest BCUT2D eigenvalue weighted by Gasteiger charge is -2.19. The Morgan fingerprint density at radius 3 is 2.62 bits per heavy atom. The average Bonchev–Trinajstić information content (AvgIpc) is 3.27. The number of urea groups is 1. The monoisotopic (exact) mass is 341 g/mol. The minimum Gasteiger partial charge on any atom is -0.323 e. The Kier molecular flexibility index (Phi) is 3.64. The number of imide groups is 1. The van der Waals surface area contributed by atoms with Crippen LogP contribution in [0.3, 0.4) is 0 Å². The third kappa shape index (κ3) is 2.51. The van der Waals surface area contributed by atoms with Gasteiger partial charge in [0.1, 0.15) is 10.5 Å². The third-order valence-electron chi connectivity index (χ3n) is 4.87. The molecule has 5 nitrogen and oxygen atoms in total. The number of aromatic nitrogens is 1. The lowest BCUT2D eigenvalue weighted by molar-refractivity contribution is -0.131. The highest BCUT2D eigenvalue weighted by atomic mass is 32.1. The van der Waals surface area contributed by atoms with Gasteiger partial charge in [-0.2, -0.15) is 0 Å². The highest BCUT2D eigenvalue weighted by molar-refractivity contribution is 7.13. The Balaban J connectivity index is 1.53. The standard InChI is InChI=1S/C18H19N3O2S/c1-12-4-6-13(7-5-12)15-19-14(11-24-15)10-21-16(22)18(20-17(21)23)8-2-3-9-18/h4-7,11H,2-3,8-10H2,1H3,(H,20,23). The van der Waals surface area contributed by atoms with Gasteiger partial charge in [0.2, 0.25) is 0 Å². The van der Waals surface area contributed by atoms with E-state index in [1.54, 1.807) is 0 Å². The summed E-state index contributed by atoms with van der Waals surface area (Å²) < 4.78 is 0. The van der Waals surface area contributed by atoms with Crippen LogP contribution >= 0.6 is 11.3 Å². The lowest BCUT2D eigenvalue weighted by Crippen LogP contribution is -2.44. The van der Waals surface area contributed by atoms with Gasteiger partial charge in [0.15, 0.2) is 0 Å². The zero-order chi connectivity index (χ0) is 16.7. The van der Waals surface area contributed by atoms with E-state index in [1.165, 1.54) is 21.8 Å². The second kappa shape index (κ2) is 5.70. The Morgan fingerprint density at radius 1 is 1.21 bits per heavy atom. The molecule has 124 valence electrons. The molecular weight excluding hydrogens is 322 g/mol. The summed E-state index contributed by atoms with van der Waals surface area (Å²) in [4.78, 5) is 30.8. The molecule has 1 saturated heterocycles. The summed E-state index contributed by atoms with van der Waals surface area (Å²) in [7, 11) is 0. The number of hydrogen-bond donors (Lipinski definition) is 1. The van der Waals surface area contributed by atoms with Gasteiger partial charge < -0.3 is 5.32 Å². The van der Waals surface area contributed by atoms with E-state index in [-0.39, 0.29) is 18.5 Å². The molecular formula is C18H19N3O2S. The van der Waals surface area contributed by atoms with E-state index < -0.39 is 5.54 Å². The molecule has 2 heterocycles. The van der Waals surface area contributed by atoms with Crippen molar-refractivity contribution in [2.24, 2.45) is 0 Å². The number of nitrogens with one attached hydrogen (secondary N) is 1. The summed E-state index contributed by atoms with van der Waals surface area (Å²) in [5.41, 5.74) is 2.37. The number of carbonyl (C=O) groups excluding carboxylic acids is 2. The molecule has 0 atom stereocenters. The third-order valence-corrected chi connectivity index (χ3v) is 5.81. The first-order chi connectivity index (χ1) is 11.6. The molecule has 6 heteroatoms. The molecule has 1 spiro atoms. The Labute approximate surface area is 144 Å². The van der Waals surface area contributed by atoms with Crippen LogP contribution < -0.4 is 5.32 Å². The molecule has 0 radical (unpaired) electrons. The van der Waals surface area contributed by atoms with E-state index in [9.17, 15) is 9.59 Å². The number of benzene rings is 1. The zero-order valence-electron chi connectivity index (χ0n) is 13.5. The maximum Gasteiger partial charge on any atom is 0.325 e. The first kappa shape index (κ1) is 15.3. The van der Waals surface area contributed by atoms with E-state index >= 15 is 0 Å². The van der Waals surface area contributed by atoms with Crippen molar-refractivity contribution in [3.8, 4) is 10.6 Å². The van der Waals surface area contributed by atoms with E-state index in [0.717, 1.165) is 41.9 Å². The SMILES string of the molecule is Cc1ccc(-c2nc(CN3C(=O)NC4(CCCC4)C3=O)cs2)cc1. The summed E-state index contributed by atoms with van der Waals surface area (Å²) in [6.07, 6.45) is 3.49. The second-order valence-electron chi connectivity index (χ2n) is 6.62. The Bertz CT molecular complexity index is 791. The van der Waals surface area contributed by atoms with Gasteiger partial charge in [0, 0.05) is 10.9 Å². The fourth-order valence-corrected chi connectivity index (χ4v) is 4.32. The minimum atomic E-state index is -0.646. The highest BCUT2D eigenvalue weighted by Crippen LogP contribution is 2.35. The average molecular weight is 341 g/mol. The van der Waals surface area contributed by atoms with Crippen LogP contribution in [0.2, 0.25) is 0 Å². The smallest absolute Gasteiger partial charge is 0.323 e. The van der Waals surface area contributed by atoms with Gasteiger partial charge in [0.25, 0.3) is 5.91 Å². The van der Waals surface area contributed by atoms with Crippen molar-refractivity contribution >= 4 is 23.3 Å². The number of nitrogens with zero attached hydrogens (tertiary/aromatic N) is 2. The van der Waals surface area contributed by atoms with Gasteiger partial charge >= 0.3 is 6.03 Å².